The number of ether oxygens (including phenoxy) is 1. The third-order valence-electron chi connectivity index (χ3n) is 4.68. The summed E-state index contributed by atoms with van der Waals surface area (Å²) in [6.07, 6.45) is 1.69. The van der Waals surface area contributed by atoms with Gasteiger partial charge in [-0.2, -0.15) is 0 Å². The second kappa shape index (κ2) is 7.38. The van der Waals surface area contributed by atoms with Gasteiger partial charge in [-0.25, -0.2) is 4.98 Å². The molecule has 0 radical (unpaired) electrons. The molecule has 0 N–H and O–H groups in total. The normalized spacial score (nSPS) is 15.3. The molecule has 0 aliphatic carbocycles. The van der Waals surface area contributed by atoms with E-state index in [1.165, 1.54) is 0 Å². The lowest BCUT2D eigenvalue weighted by Crippen LogP contribution is -2.40. The summed E-state index contributed by atoms with van der Waals surface area (Å²) >= 11 is 5.84. The predicted octanol–water partition coefficient (Wildman–Crippen LogP) is 4.27. The van der Waals surface area contributed by atoms with E-state index in [-0.39, 0.29) is 18.4 Å². The Balaban J connectivity index is 1.31. The number of carbonyl (C=O) groups is 1. The zero-order valence-corrected chi connectivity index (χ0v) is 15.0. The Hall–Kier alpha value is -2.53. The van der Waals surface area contributed by atoms with E-state index in [0.717, 1.165) is 29.8 Å². The Morgan fingerprint density at radius 1 is 1.15 bits per heavy atom. The van der Waals surface area contributed by atoms with Crippen molar-refractivity contribution in [1.82, 2.24) is 9.88 Å². The molecule has 6 heteroatoms. The highest BCUT2D eigenvalue weighted by Gasteiger charge is 2.27. The smallest absolute Gasteiger partial charge is 0.260 e. The number of benzene rings is 2. The van der Waals surface area contributed by atoms with Gasteiger partial charge in [0.1, 0.15) is 11.3 Å². The number of halogens is 1. The fourth-order valence-corrected chi connectivity index (χ4v) is 3.33. The third kappa shape index (κ3) is 3.68. The number of aromatic nitrogens is 1. The Kier molecular flexibility index (Phi) is 4.80. The summed E-state index contributed by atoms with van der Waals surface area (Å²) in [7, 11) is 0. The van der Waals surface area contributed by atoms with Crippen LogP contribution < -0.4 is 4.74 Å². The van der Waals surface area contributed by atoms with Gasteiger partial charge in [0, 0.05) is 24.0 Å². The van der Waals surface area contributed by atoms with Crippen LogP contribution in [-0.4, -0.2) is 35.5 Å². The van der Waals surface area contributed by atoms with Gasteiger partial charge in [0.15, 0.2) is 18.1 Å². The molecule has 1 aliphatic rings. The minimum Gasteiger partial charge on any atom is -0.484 e. The van der Waals surface area contributed by atoms with Gasteiger partial charge in [0.05, 0.1) is 0 Å². The molecule has 0 atom stereocenters. The van der Waals surface area contributed by atoms with Gasteiger partial charge in [0.25, 0.3) is 5.91 Å². The number of amides is 1. The van der Waals surface area contributed by atoms with Gasteiger partial charge < -0.3 is 14.1 Å². The van der Waals surface area contributed by atoms with Crippen LogP contribution in [-0.2, 0) is 4.79 Å². The predicted molar refractivity (Wildman–Crippen MR) is 99.5 cm³/mol. The molecular formula is C20H19ClN2O3. The molecule has 0 spiro atoms. The second-order valence-corrected chi connectivity index (χ2v) is 6.85. The van der Waals surface area contributed by atoms with Crippen molar-refractivity contribution in [3.63, 3.8) is 0 Å². The summed E-state index contributed by atoms with van der Waals surface area (Å²) in [5.41, 5.74) is 1.70. The molecule has 26 heavy (non-hydrogen) atoms. The van der Waals surface area contributed by atoms with Gasteiger partial charge >= 0.3 is 0 Å². The summed E-state index contributed by atoms with van der Waals surface area (Å²) in [6, 6.07) is 14.8. The summed E-state index contributed by atoms with van der Waals surface area (Å²) in [5, 5.41) is 0.643. The average molecular weight is 371 g/mol. The highest BCUT2D eigenvalue weighted by Crippen LogP contribution is 2.30. The van der Waals surface area contributed by atoms with Crippen LogP contribution in [0, 0.1) is 0 Å². The molecule has 2 heterocycles. The van der Waals surface area contributed by atoms with Crippen LogP contribution in [0.1, 0.15) is 24.7 Å². The Bertz CT molecular complexity index is 866. The van der Waals surface area contributed by atoms with Crippen molar-refractivity contribution in [1.29, 1.82) is 0 Å². The highest BCUT2D eigenvalue weighted by molar-refractivity contribution is 6.30. The number of fused-ring (bicyclic) bond motifs is 1. The molecule has 1 fully saturated rings. The van der Waals surface area contributed by atoms with Crippen molar-refractivity contribution in [2.45, 2.75) is 18.8 Å². The van der Waals surface area contributed by atoms with E-state index in [9.17, 15) is 4.79 Å². The van der Waals surface area contributed by atoms with E-state index < -0.39 is 0 Å². The van der Waals surface area contributed by atoms with Crippen LogP contribution >= 0.6 is 11.6 Å². The molecule has 1 amide bonds. The van der Waals surface area contributed by atoms with Gasteiger partial charge in [-0.15, -0.1) is 0 Å². The van der Waals surface area contributed by atoms with E-state index >= 15 is 0 Å². The molecule has 1 saturated heterocycles. The Morgan fingerprint density at radius 2 is 1.88 bits per heavy atom. The van der Waals surface area contributed by atoms with E-state index in [2.05, 4.69) is 4.98 Å². The average Bonchev–Trinajstić information content (AvgIpc) is 3.12. The fraction of sp³-hybridized carbons (Fsp3) is 0.300. The van der Waals surface area contributed by atoms with Crippen LogP contribution in [0.5, 0.6) is 5.75 Å². The highest BCUT2D eigenvalue weighted by atomic mass is 35.5. The zero-order chi connectivity index (χ0) is 17.9. The molecule has 2 aromatic carbocycles. The lowest BCUT2D eigenvalue weighted by Gasteiger charge is -2.30. The molecule has 1 aromatic heterocycles. The van der Waals surface area contributed by atoms with Crippen LogP contribution in [0.25, 0.3) is 11.1 Å². The van der Waals surface area contributed by atoms with E-state index in [4.69, 9.17) is 20.8 Å². The maximum atomic E-state index is 12.4. The van der Waals surface area contributed by atoms with Crippen LogP contribution in [0.3, 0.4) is 0 Å². The molecule has 3 aromatic rings. The van der Waals surface area contributed by atoms with Crippen molar-refractivity contribution in [2.75, 3.05) is 19.7 Å². The monoisotopic (exact) mass is 370 g/mol. The SMILES string of the molecule is O=C(COc1ccc(Cl)cc1)N1CCC(c2nc3ccccc3o2)CC1. The van der Waals surface area contributed by atoms with Crippen molar-refractivity contribution in [3.05, 3.63) is 59.4 Å². The van der Waals surface area contributed by atoms with E-state index in [1.807, 2.05) is 29.2 Å². The number of hydrogen-bond acceptors (Lipinski definition) is 4. The quantitative estimate of drug-likeness (QED) is 0.688. The number of para-hydroxylation sites is 2. The van der Waals surface area contributed by atoms with Crippen LogP contribution in [0.4, 0.5) is 0 Å². The Morgan fingerprint density at radius 3 is 2.62 bits per heavy atom. The third-order valence-corrected chi connectivity index (χ3v) is 4.94. The molecule has 1 aliphatic heterocycles. The standard InChI is InChI=1S/C20H19ClN2O3/c21-15-5-7-16(8-6-15)25-13-19(24)23-11-9-14(10-12-23)20-22-17-3-1-2-4-18(17)26-20/h1-8,14H,9-13H2. The van der Waals surface area contributed by atoms with Crippen molar-refractivity contribution in [3.8, 4) is 5.75 Å². The first-order chi connectivity index (χ1) is 12.7. The molecule has 4 rings (SSSR count). The fourth-order valence-electron chi connectivity index (χ4n) is 3.21. The molecule has 0 bridgehead atoms. The number of rotatable bonds is 4. The van der Waals surface area contributed by atoms with E-state index in [0.29, 0.717) is 23.9 Å². The summed E-state index contributed by atoms with van der Waals surface area (Å²) in [6.45, 7) is 1.41. The maximum Gasteiger partial charge on any atom is 0.260 e. The number of carbonyl (C=O) groups excluding carboxylic acids is 1. The van der Waals surface area contributed by atoms with Crippen molar-refractivity contribution < 1.29 is 13.9 Å². The van der Waals surface area contributed by atoms with E-state index in [1.54, 1.807) is 24.3 Å². The summed E-state index contributed by atoms with van der Waals surface area (Å²) in [4.78, 5) is 18.8. The Labute approximate surface area is 156 Å². The number of hydrogen-bond donors (Lipinski definition) is 0. The summed E-state index contributed by atoms with van der Waals surface area (Å²) < 4.78 is 11.4. The van der Waals surface area contributed by atoms with Crippen molar-refractivity contribution in [2.24, 2.45) is 0 Å². The number of oxazole rings is 1. The minimum atomic E-state index is -0.00374. The molecule has 0 unspecified atom stereocenters. The first-order valence-electron chi connectivity index (χ1n) is 8.70. The summed E-state index contributed by atoms with van der Waals surface area (Å²) in [5.74, 6) is 1.67. The van der Waals surface area contributed by atoms with Crippen LogP contribution in [0.2, 0.25) is 5.02 Å². The largest absolute Gasteiger partial charge is 0.484 e. The van der Waals surface area contributed by atoms with Gasteiger partial charge in [-0.1, -0.05) is 23.7 Å². The lowest BCUT2D eigenvalue weighted by molar-refractivity contribution is -0.134. The number of piperidine rings is 1. The number of nitrogens with zero attached hydrogens (tertiary/aromatic N) is 2. The van der Waals surface area contributed by atoms with Gasteiger partial charge in [-0.3, -0.25) is 4.79 Å². The van der Waals surface area contributed by atoms with Crippen LogP contribution in [0.15, 0.2) is 52.9 Å². The lowest BCUT2D eigenvalue weighted by atomic mass is 9.97. The van der Waals surface area contributed by atoms with Gasteiger partial charge in [0.2, 0.25) is 0 Å². The zero-order valence-electron chi connectivity index (χ0n) is 14.2. The maximum absolute atomic E-state index is 12.4. The molecular weight excluding hydrogens is 352 g/mol. The molecule has 5 nitrogen and oxygen atoms in total. The number of likely N-dealkylation sites (tertiary alicyclic amines) is 1. The molecule has 134 valence electrons. The van der Waals surface area contributed by atoms with Crippen molar-refractivity contribution >= 4 is 28.6 Å². The molecule has 0 saturated carbocycles. The second-order valence-electron chi connectivity index (χ2n) is 6.42. The topological polar surface area (TPSA) is 55.6 Å². The first kappa shape index (κ1) is 16.9. The van der Waals surface area contributed by atoms with Gasteiger partial charge in [-0.05, 0) is 49.2 Å². The first-order valence-corrected chi connectivity index (χ1v) is 9.08. The minimum absolute atomic E-state index is 0.00374.